The number of benzene rings is 1. The zero-order valence-corrected chi connectivity index (χ0v) is 11.0. The number of nitrogens with zero attached hydrogens (tertiary/aromatic N) is 1. The van der Waals surface area contributed by atoms with Gasteiger partial charge in [-0.05, 0) is 29.3 Å². The molecule has 0 amide bonds. The monoisotopic (exact) mass is 281 g/mol. The lowest BCUT2D eigenvalue weighted by Crippen LogP contribution is -2.03. The summed E-state index contributed by atoms with van der Waals surface area (Å²) in [6.07, 6.45) is 0. The van der Waals surface area contributed by atoms with Crippen LogP contribution in [-0.2, 0) is 4.74 Å². The maximum Gasteiger partial charge on any atom is 0.338 e. The summed E-state index contributed by atoms with van der Waals surface area (Å²) in [6.45, 7) is 0. The van der Waals surface area contributed by atoms with Gasteiger partial charge in [-0.2, -0.15) is 0 Å². The van der Waals surface area contributed by atoms with Crippen molar-refractivity contribution in [1.82, 2.24) is 4.98 Å². The minimum atomic E-state index is -0.408. The first-order chi connectivity index (χ1) is 8.61. The third kappa shape index (κ3) is 2.63. The molecule has 0 radical (unpaired) electrons. The van der Waals surface area contributed by atoms with Crippen molar-refractivity contribution in [2.24, 2.45) is 0 Å². The molecular weight excluding hydrogens is 273 g/mol. The van der Waals surface area contributed by atoms with E-state index in [1.54, 1.807) is 30.3 Å². The average molecular weight is 282 g/mol. The first kappa shape index (κ1) is 12.9. The average Bonchev–Trinajstić information content (AvgIpc) is 2.36. The number of methoxy groups -OCH3 is 1. The second-order valence-corrected chi connectivity index (χ2v) is 4.31. The van der Waals surface area contributed by atoms with Crippen LogP contribution < -0.4 is 0 Å². The Hall–Kier alpha value is -1.58. The molecule has 5 heteroatoms. The van der Waals surface area contributed by atoms with Gasteiger partial charge in [0.05, 0.1) is 12.7 Å². The number of pyridine rings is 1. The van der Waals surface area contributed by atoms with E-state index in [1.807, 2.05) is 6.07 Å². The number of halogens is 2. The normalized spacial score (nSPS) is 10.2. The van der Waals surface area contributed by atoms with Gasteiger partial charge >= 0.3 is 5.97 Å². The molecule has 0 saturated carbocycles. The molecule has 1 aromatic heterocycles. The summed E-state index contributed by atoms with van der Waals surface area (Å²) in [4.78, 5) is 15.5. The minimum absolute atomic E-state index is 0.275. The highest BCUT2D eigenvalue weighted by molar-refractivity contribution is 6.32. The molecule has 0 saturated heterocycles. The minimum Gasteiger partial charge on any atom is -0.465 e. The van der Waals surface area contributed by atoms with Crippen LogP contribution in [0, 0.1) is 0 Å². The van der Waals surface area contributed by atoms with Gasteiger partial charge in [-0.3, -0.25) is 0 Å². The van der Waals surface area contributed by atoms with Crippen LogP contribution in [0.2, 0.25) is 10.3 Å². The lowest BCUT2D eigenvalue weighted by Gasteiger charge is -2.08. The van der Waals surface area contributed by atoms with Crippen molar-refractivity contribution in [3.8, 4) is 11.1 Å². The van der Waals surface area contributed by atoms with Crippen LogP contribution in [-0.4, -0.2) is 18.1 Å². The predicted molar refractivity (Wildman–Crippen MR) is 71.0 cm³/mol. The zero-order chi connectivity index (χ0) is 13.1. The Bertz CT molecular complexity index is 579. The molecule has 0 aliphatic carbocycles. The van der Waals surface area contributed by atoms with Gasteiger partial charge in [-0.25, -0.2) is 9.78 Å². The molecule has 0 fully saturated rings. The molecular formula is C13H9Cl2NO2. The number of esters is 1. The van der Waals surface area contributed by atoms with E-state index in [4.69, 9.17) is 27.9 Å². The van der Waals surface area contributed by atoms with Crippen molar-refractivity contribution in [3.63, 3.8) is 0 Å². The van der Waals surface area contributed by atoms with E-state index in [-0.39, 0.29) is 10.3 Å². The number of carbonyl (C=O) groups is 1. The molecule has 18 heavy (non-hydrogen) atoms. The summed E-state index contributed by atoms with van der Waals surface area (Å²) in [5.41, 5.74) is 1.88. The van der Waals surface area contributed by atoms with Crippen LogP contribution in [0.4, 0.5) is 0 Å². The highest BCUT2D eigenvalue weighted by atomic mass is 35.5. The van der Waals surface area contributed by atoms with Crippen molar-refractivity contribution in [2.45, 2.75) is 0 Å². The maximum atomic E-state index is 11.7. The quantitative estimate of drug-likeness (QED) is 0.620. The molecule has 0 atom stereocenters. The molecule has 0 unspecified atom stereocenters. The lowest BCUT2D eigenvalue weighted by atomic mass is 10.0. The topological polar surface area (TPSA) is 39.2 Å². The van der Waals surface area contributed by atoms with Crippen molar-refractivity contribution >= 4 is 29.2 Å². The molecule has 2 aromatic rings. The Morgan fingerprint density at radius 3 is 2.39 bits per heavy atom. The van der Waals surface area contributed by atoms with E-state index in [0.29, 0.717) is 11.1 Å². The Kier molecular flexibility index (Phi) is 3.84. The molecule has 1 heterocycles. The van der Waals surface area contributed by atoms with Gasteiger partial charge in [0, 0.05) is 0 Å². The number of aromatic nitrogens is 1. The van der Waals surface area contributed by atoms with Crippen LogP contribution in [0.1, 0.15) is 10.4 Å². The number of carbonyl (C=O) groups excluding carboxylic acids is 1. The van der Waals surface area contributed by atoms with Crippen molar-refractivity contribution in [2.75, 3.05) is 7.11 Å². The molecule has 3 nitrogen and oxygen atoms in total. The second kappa shape index (κ2) is 5.38. The summed E-state index contributed by atoms with van der Waals surface area (Å²) in [5.74, 6) is -0.408. The lowest BCUT2D eigenvalue weighted by molar-refractivity contribution is 0.0601. The molecule has 0 spiro atoms. The van der Waals surface area contributed by atoms with Crippen LogP contribution >= 0.6 is 23.2 Å². The number of ether oxygens (including phenoxy) is 1. The summed E-state index contributed by atoms with van der Waals surface area (Å²) < 4.78 is 4.74. The summed E-state index contributed by atoms with van der Waals surface area (Å²) >= 11 is 11.7. The Morgan fingerprint density at radius 1 is 1.17 bits per heavy atom. The van der Waals surface area contributed by atoms with Gasteiger partial charge in [0.2, 0.25) is 0 Å². The maximum absolute atomic E-state index is 11.7. The fourth-order valence-corrected chi connectivity index (χ4v) is 2.10. The van der Waals surface area contributed by atoms with Gasteiger partial charge in [0.15, 0.2) is 0 Å². The third-order valence-corrected chi connectivity index (χ3v) is 2.79. The van der Waals surface area contributed by atoms with Gasteiger partial charge in [-0.1, -0.05) is 41.4 Å². The Labute approximate surface area is 114 Å². The molecule has 0 aliphatic rings. The first-order valence-corrected chi connectivity index (χ1v) is 5.88. The summed E-state index contributed by atoms with van der Waals surface area (Å²) in [5, 5.41) is 0.550. The largest absolute Gasteiger partial charge is 0.465 e. The van der Waals surface area contributed by atoms with E-state index in [9.17, 15) is 4.79 Å². The van der Waals surface area contributed by atoms with Gasteiger partial charge in [0.25, 0.3) is 0 Å². The Morgan fingerprint density at radius 2 is 1.78 bits per heavy atom. The van der Waals surface area contributed by atoms with E-state index < -0.39 is 5.97 Å². The van der Waals surface area contributed by atoms with Crippen LogP contribution in [0.5, 0.6) is 0 Å². The highest BCUT2D eigenvalue weighted by Crippen LogP contribution is 2.28. The first-order valence-electron chi connectivity index (χ1n) is 5.12. The molecule has 0 N–H and O–H groups in total. The predicted octanol–water partition coefficient (Wildman–Crippen LogP) is 3.84. The zero-order valence-electron chi connectivity index (χ0n) is 9.48. The van der Waals surface area contributed by atoms with Crippen molar-refractivity contribution < 1.29 is 9.53 Å². The highest BCUT2D eigenvalue weighted by Gasteiger charge is 2.13. The van der Waals surface area contributed by atoms with Crippen LogP contribution in [0.3, 0.4) is 0 Å². The standard InChI is InChI=1S/C13H9Cl2NO2/c1-18-13(17)10-5-3-2-4-9(10)8-6-11(14)16-12(15)7-8/h2-7H,1H3. The summed E-state index contributed by atoms with van der Waals surface area (Å²) in [6, 6.07) is 10.4. The van der Waals surface area contributed by atoms with E-state index in [1.165, 1.54) is 7.11 Å². The fourth-order valence-electron chi connectivity index (χ4n) is 1.64. The van der Waals surface area contributed by atoms with Gasteiger partial charge in [-0.15, -0.1) is 0 Å². The second-order valence-electron chi connectivity index (χ2n) is 3.54. The number of hydrogen-bond acceptors (Lipinski definition) is 3. The van der Waals surface area contributed by atoms with Crippen molar-refractivity contribution in [1.29, 1.82) is 0 Å². The van der Waals surface area contributed by atoms with E-state index in [2.05, 4.69) is 4.98 Å². The molecule has 0 bridgehead atoms. The van der Waals surface area contributed by atoms with E-state index >= 15 is 0 Å². The molecule has 0 aliphatic heterocycles. The number of rotatable bonds is 2. The van der Waals surface area contributed by atoms with Crippen molar-refractivity contribution in [3.05, 3.63) is 52.3 Å². The number of hydrogen-bond donors (Lipinski definition) is 0. The van der Waals surface area contributed by atoms with Gasteiger partial charge < -0.3 is 4.74 Å². The fraction of sp³-hybridized carbons (Fsp3) is 0.0769. The SMILES string of the molecule is COC(=O)c1ccccc1-c1cc(Cl)nc(Cl)c1. The van der Waals surface area contributed by atoms with E-state index in [0.717, 1.165) is 5.56 Å². The molecule has 2 rings (SSSR count). The van der Waals surface area contributed by atoms with Crippen LogP contribution in [0.25, 0.3) is 11.1 Å². The third-order valence-electron chi connectivity index (χ3n) is 2.41. The van der Waals surface area contributed by atoms with Crippen LogP contribution in [0.15, 0.2) is 36.4 Å². The van der Waals surface area contributed by atoms with Gasteiger partial charge in [0.1, 0.15) is 10.3 Å². The molecule has 92 valence electrons. The smallest absolute Gasteiger partial charge is 0.338 e. The Balaban J connectivity index is 2.60. The molecule has 1 aromatic carbocycles. The summed E-state index contributed by atoms with van der Waals surface area (Å²) in [7, 11) is 1.34.